The summed E-state index contributed by atoms with van der Waals surface area (Å²) >= 11 is 10.8. The van der Waals surface area contributed by atoms with E-state index in [4.69, 9.17) is 28.2 Å². The van der Waals surface area contributed by atoms with E-state index < -0.39 is 0 Å². The minimum Gasteiger partial charge on any atom is -0.429 e. The minimum atomic E-state index is 0.411. The molecule has 0 amide bonds. The molecule has 0 saturated heterocycles. The summed E-state index contributed by atoms with van der Waals surface area (Å²) in [5.74, 6) is 0. The lowest BCUT2D eigenvalue weighted by molar-refractivity contribution is 0.583. The number of benzene rings is 2. The highest BCUT2D eigenvalue weighted by Gasteiger charge is 2.02. The highest BCUT2D eigenvalue weighted by atomic mass is 35.5. The molecule has 0 aliphatic rings. The Morgan fingerprint density at radius 3 is 2.56 bits per heavy atom. The molecule has 1 heterocycles. The van der Waals surface area contributed by atoms with Crippen LogP contribution in [-0.4, -0.2) is 4.98 Å². The molecule has 2 nitrogen and oxygen atoms in total. The van der Waals surface area contributed by atoms with Gasteiger partial charge in [0.15, 0.2) is 5.58 Å². The van der Waals surface area contributed by atoms with Crippen molar-refractivity contribution in [3.8, 4) is 0 Å². The predicted octanol–water partition coefficient (Wildman–Crippen LogP) is 4.73. The molecule has 0 aliphatic heterocycles. The number of rotatable bonds is 2. The lowest BCUT2D eigenvalue weighted by Crippen LogP contribution is -1.87. The summed E-state index contributed by atoms with van der Waals surface area (Å²) < 4.78 is 5.40. The molecule has 18 heavy (non-hydrogen) atoms. The van der Waals surface area contributed by atoms with Gasteiger partial charge in [-0.05, 0) is 54.0 Å². The Bertz CT molecular complexity index is 742. The molecule has 0 aliphatic carbocycles. The van der Waals surface area contributed by atoms with E-state index in [1.54, 1.807) is 0 Å². The molecule has 4 heteroatoms. The van der Waals surface area contributed by atoms with Crippen LogP contribution in [0.25, 0.3) is 11.1 Å². The summed E-state index contributed by atoms with van der Waals surface area (Å²) in [5, 5.41) is 0.755. The first-order valence-corrected chi connectivity index (χ1v) is 6.35. The molecule has 0 radical (unpaired) electrons. The van der Waals surface area contributed by atoms with Crippen LogP contribution in [0.2, 0.25) is 5.02 Å². The van der Waals surface area contributed by atoms with Gasteiger partial charge in [0.1, 0.15) is 0 Å². The van der Waals surface area contributed by atoms with E-state index in [0.29, 0.717) is 4.84 Å². The van der Waals surface area contributed by atoms with Gasteiger partial charge in [0.2, 0.25) is 0 Å². The molecule has 0 spiro atoms. The zero-order chi connectivity index (χ0) is 12.5. The van der Waals surface area contributed by atoms with Gasteiger partial charge in [-0.1, -0.05) is 29.8 Å². The molecule has 0 fully saturated rings. The Kier molecular flexibility index (Phi) is 2.94. The molecule has 0 saturated carbocycles. The van der Waals surface area contributed by atoms with E-state index in [0.717, 1.165) is 22.5 Å². The largest absolute Gasteiger partial charge is 0.429 e. The van der Waals surface area contributed by atoms with Crippen molar-refractivity contribution in [1.29, 1.82) is 0 Å². The number of hydrogen-bond donors (Lipinski definition) is 1. The number of aromatic amines is 1. The normalized spacial score (nSPS) is 10.9. The lowest BCUT2D eigenvalue weighted by Gasteiger charge is -2.01. The fourth-order valence-corrected chi connectivity index (χ4v) is 2.26. The van der Waals surface area contributed by atoms with Crippen LogP contribution in [-0.2, 0) is 6.42 Å². The number of fused-ring (bicyclic) bond motifs is 1. The Morgan fingerprint density at radius 2 is 1.78 bits per heavy atom. The van der Waals surface area contributed by atoms with Crippen LogP contribution >= 0.6 is 23.8 Å². The van der Waals surface area contributed by atoms with Crippen LogP contribution in [0, 0.1) is 4.84 Å². The van der Waals surface area contributed by atoms with E-state index in [2.05, 4.69) is 11.1 Å². The second-order valence-electron chi connectivity index (χ2n) is 4.15. The molecular weight excluding hydrogens is 266 g/mol. The summed E-state index contributed by atoms with van der Waals surface area (Å²) in [5.41, 5.74) is 4.13. The summed E-state index contributed by atoms with van der Waals surface area (Å²) in [6.45, 7) is 0. The number of hydrogen-bond acceptors (Lipinski definition) is 2. The monoisotopic (exact) mass is 275 g/mol. The molecule has 2 aromatic carbocycles. The molecule has 1 aromatic heterocycles. The van der Waals surface area contributed by atoms with Gasteiger partial charge < -0.3 is 9.40 Å². The summed E-state index contributed by atoms with van der Waals surface area (Å²) in [6.07, 6.45) is 0.848. The maximum Gasteiger partial charge on any atom is 0.266 e. The quantitative estimate of drug-likeness (QED) is 0.685. The third kappa shape index (κ3) is 2.33. The lowest BCUT2D eigenvalue weighted by atomic mass is 10.0. The second-order valence-corrected chi connectivity index (χ2v) is 4.96. The first kappa shape index (κ1) is 11.5. The van der Waals surface area contributed by atoms with Crippen LogP contribution in [0.1, 0.15) is 11.1 Å². The van der Waals surface area contributed by atoms with Crippen molar-refractivity contribution in [1.82, 2.24) is 4.98 Å². The summed E-state index contributed by atoms with van der Waals surface area (Å²) in [6, 6.07) is 13.9. The highest BCUT2D eigenvalue weighted by Crippen LogP contribution is 2.18. The predicted molar refractivity (Wildman–Crippen MR) is 75.7 cm³/mol. The first-order chi connectivity index (χ1) is 8.70. The van der Waals surface area contributed by atoms with Crippen molar-refractivity contribution in [2.75, 3.05) is 0 Å². The van der Waals surface area contributed by atoms with Gasteiger partial charge >= 0.3 is 0 Å². The SMILES string of the molecule is S=c1[nH]c2ccc(Cc3ccc(Cl)cc3)cc2o1. The van der Waals surface area contributed by atoms with E-state index in [1.165, 1.54) is 11.1 Å². The third-order valence-electron chi connectivity index (χ3n) is 2.81. The van der Waals surface area contributed by atoms with Gasteiger partial charge in [0.25, 0.3) is 4.84 Å². The van der Waals surface area contributed by atoms with Gasteiger partial charge in [0.05, 0.1) is 5.52 Å². The number of oxazole rings is 1. The Hall–Kier alpha value is -1.58. The van der Waals surface area contributed by atoms with Crippen LogP contribution in [0.3, 0.4) is 0 Å². The van der Waals surface area contributed by atoms with Crippen molar-refractivity contribution >= 4 is 34.9 Å². The molecular formula is C14H10ClNOS. The third-order valence-corrected chi connectivity index (χ3v) is 3.24. The summed E-state index contributed by atoms with van der Waals surface area (Å²) in [7, 11) is 0. The first-order valence-electron chi connectivity index (χ1n) is 5.57. The van der Waals surface area contributed by atoms with Gasteiger partial charge in [0, 0.05) is 5.02 Å². The molecule has 3 rings (SSSR count). The molecule has 0 unspecified atom stereocenters. The van der Waals surface area contributed by atoms with E-state index in [1.807, 2.05) is 36.4 Å². The Balaban J connectivity index is 1.94. The van der Waals surface area contributed by atoms with Crippen LogP contribution < -0.4 is 0 Å². The smallest absolute Gasteiger partial charge is 0.266 e. The van der Waals surface area contributed by atoms with Crippen molar-refractivity contribution in [2.24, 2.45) is 0 Å². The highest BCUT2D eigenvalue weighted by molar-refractivity contribution is 7.71. The fraction of sp³-hybridized carbons (Fsp3) is 0.0714. The maximum absolute atomic E-state index is 5.86. The summed E-state index contributed by atoms with van der Waals surface area (Å²) in [4.78, 5) is 3.40. The van der Waals surface area contributed by atoms with Crippen LogP contribution in [0.5, 0.6) is 0 Å². The maximum atomic E-state index is 5.86. The number of halogens is 1. The van der Waals surface area contributed by atoms with Crippen molar-refractivity contribution in [3.63, 3.8) is 0 Å². The van der Waals surface area contributed by atoms with E-state index in [9.17, 15) is 0 Å². The molecule has 1 N–H and O–H groups in total. The van der Waals surface area contributed by atoms with Gasteiger partial charge in [-0.3, -0.25) is 0 Å². The zero-order valence-corrected chi connectivity index (χ0v) is 11.0. The van der Waals surface area contributed by atoms with Gasteiger partial charge in [-0.15, -0.1) is 0 Å². The zero-order valence-electron chi connectivity index (χ0n) is 9.44. The number of H-pyrrole nitrogens is 1. The van der Waals surface area contributed by atoms with Crippen molar-refractivity contribution < 1.29 is 4.42 Å². The average Bonchev–Trinajstić information content (AvgIpc) is 2.71. The Labute approximate surface area is 114 Å². The van der Waals surface area contributed by atoms with Crippen molar-refractivity contribution in [2.45, 2.75) is 6.42 Å². The van der Waals surface area contributed by atoms with Gasteiger partial charge in [-0.25, -0.2) is 0 Å². The van der Waals surface area contributed by atoms with E-state index in [-0.39, 0.29) is 0 Å². The van der Waals surface area contributed by atoms with Crippen LogP contribution in [0.15, 0.2) is 46.9 Å². The molecule has 0 atom stereocenters. The van der Waals surface area contributed by atoms with E-state index >= 15 is 0 Å². The fourth-order valence-electron chi connectivity index (χ4n) is 1.94. The molecule has 3 aromatic rings. The minimum absolute atomic E-state index is 0.411. The topological polar surface area (TPSA) is 28.9 Å². The molecule has 90 valence electrons. The van der Waals surface area contributed by atoms with Crippen LogP contribution in [0.4, 0.5) is 0 Å². The average molecular weight is 276 g/mol. The van der Waals surface area contributed by atoms with Crippen molar-refractivity contribution in [3.05, 3.63) is 63.5 Å². The number of aromatic nitrogens is 1. The molecule has 0 bridgehead atoms. The second kappa shape index (κ2) is 4.59. The number of nitrogens with one attached hydrogen (secondary N) is 1. The van der Waals surface area contributed by atoms with Gasteiger partial charge in [-0.2, -0.15) is 0 Å². The Morgan fingerprint density at radius 1 is 1.06 bits per heavy atom. The standard InChI is InChI=1S/C14H10ClNOS/c15-11-4-1-9(2-5-11)7-10-3-6-12-13(8-10)17-14(18)16-12/h1-6,8H,7H2,(H,16,18).